The SMILES string of the molecule is N#Cc1ccc(COC(c2cccnc2)c2ccc(C#N)c(-c3cccc4ccccc34)c2)nc1.O=C(O)C(F)(F)F. The lowest BCUT2D eigenvalue weighted by Gasteiger charge is -2.20. The molecule has 5 aromatic rings. The molecule has 1 unspecified atom stereocenters. The molecule has 1 atom stereocenters. The summed E-state index contributed by atoms with van der Waals surface area (Å²) < 4.78 is 38.1. The van der Waals surface area contributed by atoms with Gasteiger partial charge in [-0.1, -0.05) is 54.6 Å². The van der Waals surface area contributed by atoms with Gasteiger partial charge in [0.2, 0.25) is 0 Å². The Morgan fingerprint density at radius 2 is 1.64 bits per heavy atom. The zero-order valence-electron chi connectivity index (χ0n) is 21.8. The van der Waals surface area contributed by atoms with Gasteiger partial charge in [-0.15, -0.1) is 0 Å². The van der Waals surface area contributed by atoms with E-state index in [2.05, 4.69) is 40.3 Å². The number of alkyl halides is 3. The van der Waals surface area contributed by atoms with Crippen molar-refractivity contribution < 1.29 is 27.8 Å². The van der Waals surface area contributed by atoms with Crippen LogP contribution in [0.3, 0.4) is 0 Å². The third kappa shape index (κ3) is 7.13. The van der Waals surface area contributed by atoms with Crippen LogP contribution in [0.2, 0.25) is 0 Å². The first-order chi connectivity index (χ1) is 20.2. The largest absolute Gasteiger partial charge is 0.490 e. The monoisotopic (exact) mass is 566 g/mol. The molecule has 0 bridgehead atoms. The first-order valence-electron chi connectivity index (χ1n) is 12.4. The fourth-order valence-electron chi connectivity index (χ4n) is 4.17. The summed E-state index contributed by atoms with van der Waals surface area (Å²) in [5, 5.41) is 28.2. The lowest BCUT2D eigenvalue weighted by molar-refractivity contribution is -0.192. The van der Waals surface area contributed by atoms with E-state index in [-0.39, 0.29) is 6.61 Å². The van der Waals surface area contributed by atoms with Gasteiger partial charge >= 0.3 is 12.1 Å². The van der Waals surface area contributed by atoms with E-state index in [1.54, 1.807) is 24.5 Å². The molecule has 42 heavy (non-hydrogen) atoms. The maximum absolute atomic E-state index is 10.6. The highest BCUT2D eigenvalue weighted by Gasteiger charge is 2.38. The number of hydrogen-bond donors (Lipinski definition) is 1. The molecule has 0 aliphatic heterocycles. The van der Waals surface area contributed by atoms with E-state index in [4.69, 9.17) is 19.9 Å². The van der Waals surface area contributed by atoms with Gasteiger partial charge in [-0.25, -0.2) is 4.79 Å². The number of aromatic nitrogens is 2. The Labute approximate surface area is 238 Å². The molecule has 0 spiro atoms. The van der Waals surface area contributed by atoms with E-state index >= 15 is 0 Å². The van der Waals surface area contributed by atoms with Crippen molar-refractivity contribution in [3.05, 3.63) is 131 Å². The standard InChI is InChI=1S/C30H20N4O.C2HF3O2/c31-16-21-10-13-26(34-18-21)20-35-30(25-7-4-14-33-19-25)23-11-12-24(17-32)29(15-23)28-9-3-6-22-5-1-2-8-27(22)28;3-2(4,5)1(6)7/h1-15,18-19,30H,20H2;(H,6,7). The van der Waals surface area contributed by atoms with E-state index in [1.165, 1.54) is 6.20 Å². The van der Waals surface area contributed by atoms with E-state index in [0.717, 1.165) is 38.7 Å². The highest BCUT2D eigenvalue weighted by atomic mass is 19.4. The van der Waals surface area contributed by atoms with Gasteiger partial charge in [-0.05, 0) is 52.2 Å². The molecule has 10 heteroatoms. The van der Waals surface area contributed by atoms with Crippen LogP contribution in [0.5, 0.6) is 0 Å². The minimum Gasteiger partial charge on any atom is -0.475 e. The van der Waals surface area contributed by atoms with Crippen molar-refractivity contribution in [1.29, 1.82) is 10.5 Å². The van der Waals surface area contributed by atoms with Crippen LogP contribution in [0.1, 0.15) is 34.1 Å². The van der Waals surface area contributed by atoms with Crippen LogP contribution in [-0.4, -0.2) is 27.2 Å². The van der Waals surface area contributed by atoms with Gasteiger partial charge in [0, 0.05) is 29.7 Å². The van der Waals surface area contributed by atoms with Crippen molar-refractivity contribution in [1.82, 2.24) is 9.97 Å². The molecular formula is C32H21F3N4O3. The van der Waals surface area contributed by atoms with Crippen molar-refractivity contribution in [3.63, 3.8) is 0 Å². The predicted octanol–water partition coefficient (Wildman–Crippen LogP) is 6.98. The molecule has 0 aliphatic carbocycles. The molecular weight excluding hydrogens is 545 g/mol. The molecule has 208 valence electrons. The van der Waals surface area contributed by atoms with Crippen molar-refractivity contribution in [3.8, 4) is 23.3 Å². The second kappa shape index (κ2) is 13.2. The maximum atomic E-state index is 10.6. The summed E-state index contributed by atoms with van der Waals surface area (Å²) in [6.07, 6.45) is -0.448. The van der Waals surface area contributed by atoms with Crippen molar-refractivity contribution >= 4 is 16.7 Å². The Morgan fingerprint density at radius 3 is 2.29 bits per heavy atom. The normalized spacial score (nSPS) is 11.5. The summed E-state index contributed by atoms with van der Waals surface area (Å²) in [7, 11) is 0. The van der Waals surface area contributed by atoms with Crippen LogP contribution in [0.4, 0.5) is 13.2 Å². The number of pyridine rings is 2. The number of aliphatic carboxylic acids is 1. The quantitative estimate of drug-likeness (QED) is 0.235. The number of halogens is 3. The molecule has 0 fully saturated rings. The molecule has 0 aliphatic rings. The average molecular weight is 567 g/mol. The third-order valence-electron chi connectivity index (χ3n) is 6.13. The molecule has 7 nitrogen and oxygen atoms in total. The van der Waals surface area contributed by atoms with Gasteiger partial charge in [-0.2, -0.15) is 23.7 Å². The summed E-state index contributed by atoms with van der Waals surface area (Å²) in [6, 6.07) is 31.9. The lowest BCUT2D eigenvalue weighted by Crippen LogP contribution is -2.21. The molecule has 2 heterocycles. The summed E-state index contributed by atoms with van der Waals surface area (Å²) in [5.74, 6) is -2.76. The van der Waals surface area contributed by atoms with Crippen LogP contribution >= 0.6 is 0 Å². The van der Waals surface area contributed by atoms with E-state index in [9.17, 15) is 18.4 Å². The third-order valence-corrected chi connectivity index (χ3v) is 6.13. The number of carbonyl (C=O) groups is 1. The summed E-state index contributed by atoms with van der Waals surface area (Å²) >= 11 is 0. The van der Waals surface area contributed by atoms with Gasteiger partial charge in [-0.3, -0.25) is 9.97 Å². The average Bonchev–Trinajstić information content (AvgIpc) is 3.01. The smallest absolute Gasteiger partial charge is 0.475 e. The van der Waals surface area contributed by atoms with Gasteiger partial charge in [0.15, 0.2) is 0 Å². The Kier molecular flexibility index (Phi) is 9.23. The number of rotatable bonds is 6. The zero-order chi connectivity index (χ0) is 30.1. The molecule has 5 rings (SSSR count). The number of carboxylic acids is 1. The molecule has 2 aromatic heterocycles. The predicted molar refractivity (Wildman–Crippen MR) is 148 cm³/mol. The van der Waals surface area contributed by atoms with Crippen molar-refractivity contribution in [2.45, 2.75) is 18.9 Å². The summed E-state index contributed by atoms with van der Waals surface area (Å²) in [5.41, 5.74) is 5.49. The van der Waals surface area contributed by atoms with Gasteiger partial charge < -0.3 is 9.84 Å². The van der Waals surface area contributed by atoms with Crippen molar-refractivity contribution in [2.75, 3.05) is 0 Å². The molecule has 0 saturated heterocycles. The number of carboxylic acid groups (broad SMARTS) is 1. The van der Waals surface area contributed by atoms with E-state index < -0.39 is 18.2 Å². The van der Waals surface area contributed by atoms with Crippen LogP contribution in [0.25, 0.3) is 21.9 Å². The van der Waals surface area contributed by atoms with Gasteiger partial charge in [0.05, 0.1) is 29.5 Å². The lowest BCUT2D eigenvalue weighted by atomic mass is 9.91. The number of nitriles is 2. The fraction of sp³-hybridized carbons (Fsp3) is 0.0938. The van der Waals surface area contributed by atoms with Crippen LogP contribution in [0.15, 0.2) is 104 Å². The highest BCUT2D eigenvalue weighted by molar-refractivity contribution is 5.97. The van der Waals surface area contributed by atoms with Crippen LogP contribution < -0.4 is 0 Å². The number of hydrogen-bond acceptors (Lipinski definition) is 6. The van der Waals surface area contributed by atoms with Crippen LogP contribution in [0, 0.1) is 22.7 Å². The maximum Gasteiger partial charge on any atom is 0.490 e. The van der Waals surface area contributed by atoms with E-state index in [0.29, 0.717) is 11.1 Å². The summed E-state index contributed by atoms with van der Waals surface area (Å²) in [4.78, 5) is 17.5. The minimum atomic E-state index is -5.08. The number of ether oxygens (including phenoxy) is 1. The zero-order valence-corrected chi connectivity index (χ0v) is 21.8. The molecule has 0 radical (unpaired) electrons. The van der Waals surface area contributed by atoms with Gasteiger partial charge in [0.25, 0.3) is 0 Å². The second-order valence-electron chi connectivity index (χ2n) is 8.87. The molecule has 1 N–H and O–H groups in total. The first kappa shape index (κ1) is 29.4. The molecule has 3 aromatic carbocycles. The number of benzene rings is 3. The fourth-order valence-corrected chi connectivity index (χ4v) is 4.17. The number of nitrogens with zero attached hydrogens (tertiary/aromatic N) is 4. The molecule has 0 saturated carbocycles. The first-order valence-corrected chi connectivity index (χ1v) is 12.4. The number of fused-ring (bicyclic) bond motifs is 1. The Morgan fingerprint density at radius 1 is 0.881 bits per heavy atom. The van der Waals surface area contributed by atoms with Crippen molar-refractivity contribution in [2.24, 2.45) is 0 Å². The molecule has 0 amide bonds. The summed E-state index contributed by atoms with van der Waals surface area (Å²) in [6.45, 7) is 0.259. The van der Waals surface area contributed by atoms with Crippen LogP contribution in [-0.2, 0) is 16.1 Å². The van der Waals surface area contributed by atoms with E-state index in [1.807, 2.05) is 54.6 Å². The Hall–Kier alpha value is -5.58. The Balaban J connectivity index is 0.000000517. The topological polar surface area (TPSA) is 120 Å². The van der Waals surface area contributed by atoms with Gasteiger partial charge in [0.1, 0.15) is 12.2 Å². The Bertz CT molecular complexity index is 1770. The highest BCUT2D eigenvalue weighted by Crippen LogP contribution is 2.35. The second-order valence-corrected chi connectivity index (χ2v) is 8.87. The minimum absolute atomic E-state index is 0.259.